The van der Waals surface area contributed by atoms with Crippen molar-refractivity contribution in [1.29, 1.82) is 0 Å². The lowest BCUT2D eigenvalue weighted by Gasteiger charge is -2.25. The molecule has 1 aliphatic heterocycles. The zero-order valence-electron chi connectivity index (χ0n) is 13.1. The van der Waals surface area contributed by atoms with Crippen LogP contribution in [0.5, 0.6) is 0 Å². The molecule has 0 aromatic carbocycles. The molecule has 22 heavy (non-hydrogen) atoms. The zero-order chi connectivity index (χ0) is 14.9. The van der Waals surface area contributed by atoms with E-state index < -0.39 is 0 Å². The molecule has 6 heteroatoms. The molecule has 0 saturated carbocycles. The fourth-order valence-corrected chi connectivity index (χ4v) is 3.72. The van der Waals surface area contributed by atoms with E-state index in [-0.39, 0.29) is 0 Å². The molecule has 1 unspecified atom stereocenters. The lowest BCUT2D eigenvalue weighted by Crippen LogP contribution is -2.26. The second-order valence-electron chi connectivity index (χ2n) is 6.45. The molecule has 1 atom stereocenters. The lowest BCUT2D eigenvalue weighted by atomic mass is 9.96. The highest BCUT2D eigenvalue weighted by Gasteiger charge is 2.28. The molecular formula is C16H22N6. The topological polar surface area (TPSA) is 59.7 Å². The van der Waals surface area contributed by atoms with Gasteiger partial charge in [-0.1, -0.05) is 5.21 Å². The van der Waals surface area contributed by atoms with Crippen LogP contribution in [0.15, 0.2) is 12.4 Å². The van der Waals surface area contributed by atoms with Crippen LogP contribution in [0, 0.1) is 12.8 Å². The second-order valence-corrected chi connectivity index (χ2v) is 6.45. The van der Waals surface area contributed by atoms with E-state index in [1.807, 2.05) is 17.8 Å². The van der Waals surface area contributed by atoms with E-state index >= 15 is 0 Å². The molecule has 2 aromatic rings. The summed E-state index contributed by atoms with van der Waals surface area (Å²) in [5.74, 6) is 2.73. The number of rotatable bonds is 3. The Morgan fingerprint density at radius 1 is 1.23 bits per heavy atom. The maximum Gasteiger partial charge on any atom is 0.135 e. The van der Waals surface area contributed by atoms with Gasteiger partial charge in [0.15, 0.2) is 0 Å². The standard InChI is InChI=1S/C16H22N6/c1-12-18-15-5-3-2-4-14(15)16(19-12)21-8-6-13(10-21)11-22-9-7-17-20-22/h7,9,13H,2-6,8,10-11H2,1H3. The highest BCUT2D eigenvalue weighted by atomic mass is 15.4. The Balaban J connectivity index is 1.54. The van der Waals surface area contributed by atoms with Crippen molar-refractivity contribution in [2.75, 3.05) is 18.0 Å². The third-order valence-electron chi connectivity index (χ3n) is 4.78. The Morgan fingerprint density at radius 3 is 3.00 bits per heavy atom. The molecule has 0 bridgehead atoms. The molecule has 1 saturated heterocycles. The van der Waals surface area contributed by atoms with Crippen molar-refractivity contribution in [2.24, 2.45) is 5.92 Å². The molecule has 2 aromatic heterocycles. The first-order valence-corrected chi connectivity index (χ1v) is 8.25. The van der Waals surface area contributed by atoms with Crippen LogP contribution in [0.2, 0.25) is 0 Å². The summed E-state index contributed by atoms with van der Waals surface area (Å²) in [5, 5.41) is 7.97. The maximum absolute atomic E-state index is 4.78. The van der Waals surface area contributed by atoms with Crippen molar-refractivity contribution in [3.63, 3.8) is 0 Å². The van der Waals surface area contributed by atoms with Crippen LogP contribution in [0.1, 0.15) is 36.3 Å². The summed E-state index contributed by atoms with van der Waals surface area (Å²) in [4.78, 5) is 11.9. The van der Waals surface area contributed by atoms with Crippen LogP contribution in [0.25, 0.3) is 0 Å². The van der Waals surface area contributed by atoms with Gasteiger partial charge < -0.3 is 4.90 Å². The lowest BCUT2D eigenvalue weighted by molar-refractivity contribution is 0.443. The van der Waals surface area contributed by atoms with Gasteiger partial charge in [0.25, 0.3) is 0 Å². The summed E-state index contributed by atoms with van der Waals surface area (Å²) < 4.78 is 1.94. The molecule has 116 valence electrons. The Hall–Kier alpha value is -1.98. The van der Waals surface area contributed by atoms with Crippen LogP contribution in [-0.2, 0) is 19.4 Å². The minimum atomic E-state index is 0.621. The zero-order valence-corrected chi connectivity index (χ0v) is 13.1. The average molecular weight is 298 g/mol. The van der Waals surface area contributed by atoms with Gasteiger partial charge in [0.05, 0.1) is 6.20 Å². The second kappa shape index (κ2) is 5.66. The third kappa shape index (κ3) is 2.58. The number of fused-ring (bicyclic) bond motifs is 1. The molecule has 0 amide bonds. The molecule has 0 spiro atoms. The van der Waals surface area contributed by atoms with Crippen molar-refractivity contribution in [2.45, 2.75) is 45.6 Å². The van der Waals surface area contributed by atoms with Gasteiger partial charge in [-0.25, -0.2) is 9.97 Å². The van der Waals surface area contributed by atoms with Crippen molar-refractivity contribution < 1.29 is 0 Å². The Kier molecular flexibility index (Phi) is 3.52. The first-order valence-electron chi connectivity index (χ1n) is 8.25. The van der Waals surface area contributed by atoms with E-state index in [2.05, 4.69) is 20.2 Å². The summed E-state index contributed by atoms with van der Waals surface area (Å²) in [7, 11) is 0. The van der Waals surface area contributed by atoms with Gasteiger partial charge in [-0.05, 0) is 44.9 Å². The SMILES string of the molecule is Cc1nc2c(c(N3CCC(Cn4ccnn4)C3)n1)CCCC2. The molecule has 1 aliphatic carbocycles. The highest BCUT2D eigenvalue weighted by molar-refractivity contribution is 5.51. The summed E-state index contributed by atoms with van der Waals surface area (Å²) in [6.07, 6.45) is 9.66. The molecule has 0 radical (unpaired) electrons. The van der Waals surface area contributed by atoms with Crippen molar-refractivity contribution >= 4 is 5.82 Å². The van der Waals surface area contributed by atoms with Crippen LogP contribution in [0.4, 0.5) is 5.82 Å². The van der Waals surface area contributed by atoms with Gasteiger partial charge in [0.2, 0.25) is 0 Å². The van der Waals surface area contributed by atoms with Crippen LogP contribution >= 0.6 is 0 Å². The molecule has 3 heterocycles. The minimum absolute atomic E-state index is 0.621. The van der Waals surface area contributed by atoms with Crippen molar-refractivity contribution in [3.05, 3.63) is 29.5 Å². The van der Waals surface area contributed by atoms with E-state index in [9.17, 15) is 0 Å². The van der Waals surface area contributed by atoms with Gasteiger partial charge in [-0.2, -0.15) is 0 Å². The smallest absolute Gasteiger partial charge is 0.135 e. The largest absolute Gasteiger partial charge is 0.356 e. The first-order chi connectivity index (χ1) is 10.8. The Morgan fingerprint density at radius 2 is 2.14 bits per heavy atom. The summed E-state index contributed by atoms with van der Waals surface area (Å²) >= 11 is 0. The van der Waals surface area contributed by atoms with Crippen molar-refractivity contribution in [1.82, 2.24) is 25.0 Å². The van der Waals surface area contributed by atoms with Gasteiger partial charge >= 0.3 is 0 Å². The third-order valence-corrected chi connectivity index (χ3v) is 4.78. The maximum atomic E-state index is 4.78. The summed E-state index contributed by atoms with van der Waals surface area (Å²) in [5.41, 5.74) is 2.69. The Labute approximate surface area is 130 Å². The Bertz CT molecular complexity index is 651. The quantitative estimate of drug-likeness (QED) is 0.864. The molecule has 6 nitrogen and oxygen atoms in total. The predicted molar refractivity (Wildman–Crippen MR) is 83.8 cm³/mol. The number of nitrogens with zero attached hydrogens (tertiary/aromatic N) is 6. The summed E-state index contributed by atoms with van der Waals surface area (Å²) in [6, 6.07) is 0. The normalized spacial score (nSPS) is 21.1. The predicted octanol–water partition coefficient (Wildman–Crippen LogP) is 1.78. The van der Waals surface area contributed by atoms with E-state index in [0.717, 1.165) is 38.3 Å². The summed E-state index contributed by atoms with van der Waals surface area (Å²) in [6.45, 7) is 5.11. The molecular weight excluding hydrogens is 276 g/mol. The van der Waals surface area contributed by atoms with Crippen LogP contribution < -0.4 is 4.90 Å². The van der Waals surface area contributed by atoms with E-state index in [4.69, 9.17) is 4.98 Å². The number of hydrogen-bond donors (Lipinski definition) is 0. The number of aryl methyl sites for hydroxylation is 2. The van der Waals surface area contributed by atoms with Gasteiger partial charge in [-0.3, -0.25) is 4.68 Å². The monoisotopic (exact) mass is 298 g/mol. The molecule has 2 aliphatic rings. The fraction of sp³-hybridized carbons (Fsp3) is 0.625. The molecule has 4 rings (SSSR count). The number of aromatic nitrogens is 5. The van der Waals surface area contributed by atoms with E-state index in [1.54, 1.807) is 6.20 Å². The van der Waals surface area contributed by atoms with Gasteiger partial charge in [-0.15, -0.1) is 5.10 Å². The highest BCUT2D eigenvalue weighted by Crippen LogP contribution is 2.31. The fourth-order valence-electron chi connectivity index (χ4n) is 3.72. The van der Waals surface area contributed by atoms with Gasteiger partial charge in [0, 0.05) is 37.1 Å². The van der Waals surface area contributed by atoms with Crippen molar-refractivity contribution in [3.8, 4) is 0 Å². The average Bonchev–Trinajstić information content (AvgIpc) is 3.19. The first kappa shape index (κ1) is 13.7. The molecule has 0 N–H and O–H groups in total. The van der Waals surface area contributed by atoms with Crippen LogP contribution in [0.3, 0.4) is 0 Å². The minimum Gasteiger partial charge on any atom is -0.356 e. The van der Waals surface area contributed by atoms with Gasteiger partial charge in [0.1, 0.15) is 11.6 Å². The number of hydrogen-bond acceptors (Lipinski definition) is 5. The van der Waals surface area contributed by atoms with E-state index in [1.165, 1.54) is 36.3 Å². The van der Waals surface area contributed by atoms with Crippen LogP contribution in [-0.4, -0.2) is 38.1 Å². The molecule has 1 fully saturated rings. The van der Waals surface area contributed by atoms with E-state index in [0.29, 0.717) is 5.92 Å². The number of anilines is 1.